The molecule has 2 rings (SSSR count). The molecule has 0 amide bonds. The minimum atomic E-state index is -2.84. The summed E-state index contributed by atoms with van der Waals surface area (Å²) in [4.78, 5) is 0. The average molecular weight is 282 g/mol. The van der Waals surface area contributed by atoms with Crippen LogP contribution in [-0.4, -0.2) is 31.1 Å². The molecule has 1 aliphatic rings. The standard InChI is InChI=1S/C15H22O3S/c1-11-5-12(2)7-14(6-11)9-15(16)8-13-3-4-19(17,18)10-13/h5-7,13,15-16H,3-4,8-10H2,1-2H3. The first-order valence-corrected chi connectivity index (χ1v) is 8.62. The number of aryl methyl sites for hydroxylation is 2. The van der Waals surface area contributed by atoms with Crippen LogP contribution in [0.2, 0.25) is 0 Å². The number of hydrogen-bond acceptors (Lipinski definition) is 3. The molecule has 2 atom stereocenters. The summed E-state index contributed by atoms with van der Waals surface area (Å²) >= 11 is 0. The van der Waals surface area contributed by atoms with Crippen LogP contribution in [0.25, 0.3) is 0 Å². The van der Waals surface area contributed by atoms with Crippen molar-refractivity contribution in [1.29, 1.82) is 0 Å². The number of rotatable bonds is 4. The number of aliphatic hydroxyl groups is 1. The Balaban J connectivity index is 1.92. The molecule has 0 aromatic heterocycles. The largest absolute Gasteiger partial charge is 0.393 e. The third-order valence-corrected chi connectivity index (χ3v) is 5.52. The van der Waals surface area contributed by atoms with Gasteiger partial charge in [-0.05, 0) is 44.6 Å². The first-order valence-electron chi connectivity index (χ1n) is 6.80. The molecule has 1 aromatic rings. The lowest BCUT2D eigenvalue weighted by atomic mass is 9.95. The molecule has 0 radical (unpaired) electrons. The monoisotopic (exact) mass is 282 g/mol. The topological polar surface area (TPSA) is 54.4 Å². The molecule has 0 spiro atoms. The molecule has 1 saturated heterocycles. The summed E-state index contributed by atoms with van der Waals surface area (Å²) in [5.74, 6) is 0.663. The molecule has 1 aliphatic heterocycles. The smallest absolute Gasteiger partial charge is 0.150 e. The molecule has 0 saturated carbocycles. The van der Waals surface area contributed by atoms with Gasteiger partial charge in [-0.3, -0.25) is 0 Å². The van der Waals surface area contributed by atoms with Crippen LogP contribution < -0.4 is 0 Å². The van der Waals surface area contributed by atoms with Gasteiger partial charge in [0.2, 0.25) is 0 Å². The van der Waals surface area contributed by atoms with Gasteiger partial charge in [-0.1, -0.05) is 29.3 Å². The molecule has 0 bridgehead atoms. The zero-order chi connectivity index (χ0) is 14.0. The second-order valence-corrected chi connectivity index (χ2v) is 8.09. The van der Waals surface area contributed by atoms with Gasteiger partial charge in [0.15, 0.2) is 9.84 Å². The molecular weight excluding hydrogens is 260 g/mol. The molecule has 1 fully saturated rings. The molecule has 1 heterocycles. The summed E-state index contributed by atoms with van der Waals surface area (Å²) in [5.41, 5.74) is 3.53. The van der Waals surface area contributed by atoms with Gasteiger partial charge in [0.25, 0.3) is 0 Å². The predicted molar refractivity (Wildman–Crippen MR) is 77.0 cm³/mol. The molecular formula is C15H22O3S. The fourth-order valence-corrected chi connectivity index (χ4v) is 4.87. The van der Waals surface area contributed by atoms with Crippen molar-refractivity contribution in [2.45, 2.75) is 39.2 Å². The van der Waals surface area contributed by atoms with Crippen LogP contribution in [0.5, 0.6) is 0 Å². The van der Waals surface area contributed by atoms with Crippen molar-refractivity contribution < 1.29 is 13.5 Å². The Hall–Kier alpha value is -0.870. The van der Waals surface area contributed by atoms with Crippen LogP contribution in [0.15, 0.2) is 18.2 Å². The van der Waals surface area contributed by atoms with Crippen molar-refractivity contribution in [1.82, 2.24) is 0 Å². The van der Waals surface area contributed by atoms with E-state index in [1.807, 2.05) is 13.8 Å². The summed E-state index contributed by atoms with van der Waals surface area (Å²) in [7, 11) is -2.84. The lowest BCUT2D eigenvalue weighted by molar-refractivity contribution is 0.147. The maximum Gasteiger partial charge on any atom is 0.150 e. The summed E-state index contributed by atoms with van der Waals surface area (Å²) in [6.45, 7) is 4.10. The van der Waals surface area contributed by atoms with Gasteiger partial charge in [-0.25, -0.2) is 8.42 Å². The average Bonchev–Trinajstić information content (AvgIpc) is 2.55. The van der Waals surface area contributed by atoms with E-state index >= 15 is 0 Å². The Kier molecular flexibility index (Phi) is 4.31. The van der Waals surface area contributed by atoms with E-state index in [-0.39, 0.29) is 17.4 Å². The Labute approximate surface area is 115 Å². The van der Waals surface area contributed by atoms with Crippen molar-refractivity contribution in [3.05, 3.63) is 34.9 Å². The molecule has 4 heteroatoms. The van der Waals surface area contributed by atoms with E-state index in [2.05, 4.69) is 18.2 Å². The normalized spacial score (nSPS) is 23.4. The minimum Gasteiger partial charge on any atom is -0.393 e. The second-order valence-electron chi connectivity index (χ2n) is 5.86. The van der Waals surface area contributed by atoms with Gasteiger partial charge < -0.3 is 5.11 Å². The Morgan fingerprint density at radius 2 is 1.89 bits per heavy atom. The van der Waals surface area contributed by atoms with Crippen molar-refractivity contribution in [2.75, 3.05) is 11.5 Å². The molecule has 106 valence electrons. The van der Waals surface area contributed by atoms with Gasteiger partial charge in [0.05, 0.1) is 17.6 Å². The zero-order valence-corrected chi connectivity index (χ0v) is 12.4. The number of hydrogen-bond donors (Lipinski definition) is 1. The van der Waals surface area contributed by atoms with E-state index in [1.165, 1.54) is 11.1 Å². The van der Waals surface area contributed by atoms with Crippen molar-refractivity contribution in [2.24, 2.45) is 5.92 Å². The van der Waals surface area contributed by atoms with E-state index in [9.17, 15) is 13.5 Å². The minimum absolute atomic E-state index is 0.130. The van der Waals surface area contributed by atoms with Crippen LogP contribution in [0.1, 0.15) is 29.5 Å². The predicted octanol–water partition coefficient (Wildman–Crippen LogP) is 2.03. The lowest BCUT2D eigenvalue weighted by Crippen LogP contribution is -2.17. The van der Waals surface area contributed by atoms with E-state index in [1.54, 1.807) is 0 Å². The quantitative estimate of drug-likeness (QED) is 0.919. The van der Waals surface area contributed by atoms with E-state index in [4.69, 9.17) is 0 Å². The Bertz CT molecular complexity index is 528. The van der Waals surface area contributed by atoms with Crippen molar-refractivity contribution in [3.63, 3.8) is 0 Å². The molecule has 2 unspecified atom stereocenters. The Morgan fingerprint density at radius 1 is 1.26 bits per heavy atom. The lowest BCUT2D eigenvalue weighted by Gasteiger charge is -2.15. The number of sulfone groups is 1. The van der Waals surface area contributed by atoms with Gasteiger partial charge in [0, 0.05) is 0 Å². The van der Waals surface area contributed by atoms with E-state index < -0.39 is 15.9 Å². The van der Waals surface area contributed by atoms with Crippen LogP contribution in [-0.2, 0) is 16.3 Å². The van der Waals surface area contributed by atoms with Gasteiger partial charge in [-0.2, -0.15) is 0 Å². The molecule has 1 aromatic carbocycles. The molecule has 1 N–H and O–H groups in total. The highest BCUT2D eigenvalue weighted by Crippen LogP contribution is 2.24. The third kappa shape index (κ3) is 4.32. The first kappa shape index (κ1) is 14.5. The molecule has 0 aliphatic carbocycles. The molecule has 19 heavy (non-hydrogen) atoms. The van der Waals surface area contributed by atoms with Gasteiger partial charge >= 0.3 is 0 Å². The van der Waals surface area contributed by atoms with Crippen LogP contribution >= 0.6 is 0 Å². The van der Waals surface area contributed by atoms with E-state index in [0.717, 1.165) is 5.56 Å². The fourth-order valence-electron chi connectivity index (χ4n) is 2.98. The maximum absolute atomic E-state index is 11.4. The highest BCUT2D eigenvalue weighted by molar-refractivity contribution is 7.91. The third-order valence-electron chi connectivity index (χ3n) is 3.68. The summed E-state index contributed by atoms with van der Waals surface area (Å²) in [6.07, 6.45) is 1.46. The zero-order valence-electron chi connectivity index (χ0n) is 11.6. The van der Waals surface area contributed by atoms with Crippen molar-refractivity contribution in [3.8, 4) is 0 Å². The summed E-state index contributed by atoms with van der Waals surface area (Å²) in [6, 6.07) is 6.28. The SMILES string of the molecule is Cc1cc(C)cc(CC(O)CC2CCS(=O)(=O)C2)c1. The second kappa shape index (κ2) is 5.63. The van der Waals surface area contributed by atoms with Crippen molar-refractivity contribution >= 4 is 9.84 Å². The summed E-state index contributed by atoms with van der Waals surface area (Å²) in [5, 5.41) is 10.1. The van der Waals surface area contributed by atoms with E-state index in [0.29, 0.717) is 19.3 Å². The highest BCUT2D eigenvalue weighted by Gasteiger charge is 2.29. The van der Waals surface area contributed by atoms with Gasteiger partial charge in [0.1, 0.15) is 0 Å². The molecule has 3 nitrogen and oxygen atoms in total. The first-order chi connectivity index (χ1) is 8.84. The Morgan fingerprint density at radius 3 is 2.42 bits per heavy atom. The maximum atomic E-state index is 11.4. The highest BCUT2D eigenvalue weighted by atomic mass is 32.2. The van der Waals surface area contributed by atoms with Crippen LogP contribution in [0.4, 0.5) is 0 Å². The fraction of sp³-hybridized carbons (Fsp3) is 0.600. The van der Waals surface area contributed by atoms with Gasteiger partial charge in [-0.15, -0.1) is 0 Å². The van der Waals surface area contributed by atoms with Crippen LogP contribution in [0.3, 0.4) is 0 Å². The number of benzene rings is 1. The summed E-state index contributed by atoms with van der Waals surface area (Å²) < 4.78 is 22.8. The number of aliphatic hydroxyl groups excluding tert-OH is 1. The van der Waals surface area contributed by atoms with Crippen LogP contribution in [0, 0.1) is 19.8 Å².